The van der Waals surface area contributed by atoms with E-state index in [0.717, 1.165) is 16.8 Å². The van der Waals surface area contributed by atoms with Gasteiger partial charge in [-0.15, -0.1) is 0 Å². The van der Waals surface area contributed by atoms with Crippen LogP contribution >= 0.6 is 11.6 Å². The number of amides is 2. The van der Waals surface area contributed by atoms with Gasteiger partial charge >= 0.3 is 0 Å². The Hall–Kier alpha value is -4.30. The van der Waals surface area contributed by atoms with Crippen LogP contribution in [0.4, 0.5) is 15.9 Å². The second kappa shape index (κ2) is 11.0. The molecule has 2 heterocycles. The van der Waals surface area contributed by atoms with Gasteiger partial charge in [-0.05, 0) is 48.9 Å². The fourth-order valence-corrected chi connectivity index (χ4v) is 4.47. The maximum atomic E-state index is 14.0. The summed E-state index contributed by atoms with van der Waals surface area (Å²) in [7, 11) is 0. The Labute approximate surface area is 224 Å². The fourth-order valence-electron chi connectivity index (χ4n) is 4.29. The minimum Gasteiger partial charge on any atom is -0.340 e. The molecule has 5 rings (SSSR count). The standard InChI is InChI=1S/C29H25ClFN5O2/c1-19-6-11-22(16-24(19)30)34-27-17-26(32-18-33-27)20-7-9-21(10-8-20)28(37)35-12-14-36(15-13-35)29(38)23-4-2-3-5-25(23)31/h2-11,16-18H,12-15H2,1H3,(H,32,33,34). The SMILES string of the molecule is Cc1ccc(Nc2cc(-c3ccc(C(=O)N4CCN(C(=O)c5ccccc5F)CC4)cc3)ncn2)cc1Cl. The zero-order valence-electron chi connectivity index (χ0n) is 20.7. The molecule has 0 atom stereocenters. The maximum absolute atomic E-state index is 14.0. The monoisotopic (exact) mass is 529 g/mol. The summed E-state index contributed by atoms with van der Waals surface area (Å²) in [5.74, 6) is -0.389. The van der Waals surface area contributed by atoms with Crippen LogP contribution in [0.5, 0.6) is 0 Å². The number of benzene rings is 3. The van der Waals surface area contributed by atoms with Crippen LogP contribution < -0.4 is 5.32 Å². The number of hydrogen-bond acceptors (Lipinski definition) is 5. The second-order valence-electron chi connectivity index (χ2n) is 9.02. The number of hydrogen-bond donors (Lipinski definition) is 1. The number of nitrogens with one attached hydrogen (secondary N) is 1. The quantitative estimate of drug-likeness (QED) is 0.365. The predicted octanol–water partition coefficient (Wildman–Crippen LogP) is 5.59. The molecule has 4 aromatic rings. The van der Waals surface area contributed by atoms with Crippen LogP contribution in [0.2, 0.25) is 5.02 Å². The Balaban J connectivity index is 1.22. The molecule has 2 amide bonds. The zero-order valence-corrected chi connectivity index (χ0v) is 21.5. The summed E-state index contributed by atoms with van der Waals surface area (Å²) in [5.41, 5.74) is 3.96. The summed E-state index contributed by atoms with van der Waals surface area (Å²) in [6.07, 6.45) is 1.48. The molecule has 0 bridgehead atoms. The molecule has 1 saturated heterocycles. The minimum atomic E-state index is -0.540. The molecule has 1 aromatic heterocycles. The van der Waals surface area contributed by atoms with Gasteiger partial charge in [-0.2, -0.15) is 0 Å². The Morgan fingerprint density at radius 2 is 1.55 bits per heavy atom. The van der Waals surface area contributed by atoms with E-state index in [1.165, 1.54) is 18.5 Å². The van der Waals surface area contributed by atoms with Crippen LogP contribution in [-0.2, 0) is 0 Å². The van der Waals surface area contributed by atoms with Crippen molar-refractivity contribution in [3.63, 3.8) is 0 Å². The van der Waals surface area contributed by atoms with E-state index < -0.39 is 5.82 Å². The first-order chi connectivity index (χ1) is 18.4. The van der Waals surface area contributed by atoms with Crippen molar-refractivity contribution in [1.82, 2.24) is 19.8 Å². The first-order valence-corrected chi connectivity index (χ1v) is 12.6. The molecular formula is C29H25ClFN5O2. The van der Waals surface area contributed by atoms with Crippen LogP contribution in [-0.4, -0.2) is 57.8 Å². The van der Waals surface area contributed by atoms with Gasteiger partial charge in [-0.1, -0.05) is 41.9 Å². The highest BCUT2D eigenvalue weighted by Crippen LogP contribution is 2.25. The molecule has 1 fully saturated rings. The molecule has 0 saturated carbocycles. The van der Waals surface area contributed by atoms with Gasteiger partial charge in [0.2, 0.25) is 0 Å². The van der Waals surface area contributed by atoms with Gasteiger partial charge in [0.25, 0.3) is 11.8 Å². The molecule has 0 spiro atoms. The zero-order chi connectivity index (χ0) is 26.6. The Morgan fingerprint density at radius 3 is 2.24 bits per heavy atom. The number of rotatable bonds is 5. The van der Waals surface area contributed by atoms with Gasteiger partial charge < -0.3 is 15.1 Å². The minimum absolute atomic E-state index is 0.0496. The smallest absolute Gasteiger partial charge is 0.256 e. The number of aromatic nitrogens is 2. The molecule has 38 heavy (non-hydrogen) atoms. The van der Waals surface area contributed by atoms with Crippen molar-refractivity contribution in [1.29, 1.82) is 0 Å². The topological polar surface area (TPSA) is 78.4 Å². The summed E-state index contributed by atoms with van der Waals surface area (Å²) in [4.78, 5) is 37.7. The first kappa shape index (κ1) is 25.4. The molecule has 192 valence electrons. The number of carbonyl (C=O) groups is 2. The van der Waals surface area contributed by atoms with Crippen molar-refractivity contribution in [2.45, 2.75) is 6.92 Å². The summed E-state index contributed by atoms with van der Waals surface area (Å²) >= 11 is 6.22. The third-order valence-electron chi connectivity index (χ3n) is 6.50. The number of halogens is 2. The molecule has 0 radical (unpaired) electrons. The van der Waals surface area contributed by atoms with E-state index in [1.807, 2.05) is 43.3 Å². The lowest BCUT2D eigenvalue weighted by Crippen LogP contribution is -2.50. The number of anilines is 2. The van der Waals surface area contributed by atoms with Crippen LogP contribution in [0, 0.1) is 12.7 Å². The number of aryl methyl sites for hydroxylation is 1. The van der Waals surface area contributed by atoms with Gasteiger partial charge in [0, 0.05) is 54.1 Å². The van der Waals surface area contributed by atoms with E-state index in [4.69, 9.17) is 11.6 Å². The fraction of sp³-hybridized carbons (Fsp3) is 0.172. The van der Waals surface area contributed by atoms with Gasteiger partial charge in [-0.3, -0.25) is 9.59 Å². The highest BCUT2D eigenvalue weighted by Gasteiger charge is 2.26. The summed E-state index contributed by atoms with van der Waals surface area (Å²) in [5, 5.41) is 3.90. The lowest BCUT2D eigenvalue weighted by molar-refractivity contribution is 0.0533. The molecule has 7 nitrogen and oxygen atoms in total. The highest BCUT2D eigenvalue weighted by molar-refractivity contribution is 6.31. The van der Waals surface area contributed by atoms with Gasteiger partial charge in [0.15, 0.2) is 0 Å². The molecule has 1 N–H and O–H groups in total. The molecule has 1 aliphatic rings. The van der Waals surface area contributed by atoms with Gasteiger partial charge in [-0.25, -0.2) is 14.4 Å². The Morgan fingerprint density at radius 1 is 0.868 bits per heavy atom. The van der Waals surface area contributed by atoms with E-state index in [-0.39, 0.29) is 17.4 Å². The van der Waals surface area contributed by atoms with Crippen molar-refractivity contribution < 1.29 is 14.0 Å². The second-order valence-corrected chi connectivity index (χ2v) is 9.43. The average molecular weight is 530 g/mol. The Kier molecular flexibility index (Phi) is 7.33. The number of piperazine rings is 1. The van der Waals surface area contributed by atoms with Crippen molar-refractivity contribution >= 4 is 34.9 Å². The summed E-state index contributed by atoms with van der Waals surface area (Å²) in [6, 6.07) is 20.7. The summed E-state index contributed by atoms with van der Waals surface area (Å²) in [6.45, 7) is 3.40. The largest absolute Gasteiger partial charge is 0.340 e. The van der Waals surface area contributed by atoms with Crippen LogP contribution in [0.3, 0.4) is 0 Å². The van der Waals surface area contributed by atoms with E-state index in [9.17, 15) is 14.0 Å². The normalized spacial score (nSPS) is 13.3. The molecule has 0 aliphatic carbocycles. The molecular weight excluding hydrogens is 505 g/mol. The highest BCUT2D eigenvalue weighted by atomic mass is 35.5. The van der Waals surface area contributed by atoms with E-state index >= 15 is 0 Å². The number of nitrogens with zero attached hydrogens (tertiary/aromatic N) is 4. The molecule has 0 unspecified atom stereocenters. The number of carbonyl (C=O) groups excluding carboxylic acids is 2. The maximum Gasteiger partial charge on any atom is 0.256 e. The molecule has 3 aromatic carbocycles. The van der Waals surface area contributed by atoms with Crippen molar-refractivity contribution in [3.05, 3.63) is 107 Å². The van der Waals surface area contributed by atoms with Crippen LogP contribution in [0.15, 0.2) is 79.1 Å². The lowest BCUT2D eigenvalue weighted by Gasteiger charge is -2.35. The lowest BCUT2D eigenvalue weighted by atomic mass is 10.1. The predicted molar refractivity (Wildman–Crippen MR) is 145 cm³/mol. The first-order valence-electron chi connectivity index (χ1n) is 12.2. The van der Waals surface area contributed by atoms with E-state index in [2.05, 4.69) is 15.3 Å². The molecule has 9 heteroatoms. The molecule has 1 aliphatic heterocycles. The third kappa shape index (κ3) is 5.50. The summed E-state index contributed by atoms with van der Waals surface area (Å²) < 4.78 is 14.0. The van der Waals surface area contributed by atoms with Crippen molar-refractivity contribution in [3.8, 4) is 11.3 Å². The average Bonchev–Trinajstić information content (AvgIpc) is 2.95. The Bertz CT molecular complexity index is 1490. The third-order valence-corrected chi connectivity index (χ3v) is 6.90. The van der Waals surface area contributed by atoms with Crippen molar-refractivity contribution in [2.75, 3.05) is 31.5 Å². The van der Waals surface area contributed by atoms with E-state index in [1.54, 1.807) is 34.1 Å². The van der Waals surface area contributed by atoms with E-state index in [0.29, 0.717) is 48.3 Å². The van der Waals surface area contributed by atoms with Crippen molar-refractivity contribution in [2.24, 2.45) is 0 Å². The van der Waals surface area contributed by atoms with Crippen LogP contribution in [0.1, 0.15) is 26.3 Å². The van der Waals surface area contributed by atoms with Gasteiger partial charge in [0.05, 0.1) is 11.3 Å². The van der Waals surface area contributed by atoms with Crippen LogP contribution in [0.25, 0.3) is 11.3 Å². The van der Waals surface area contributed by atoms with Gasteiger partial charge in [0.1, 0.15) is 18.0 Å².